The molecule has 0 saturated carbocycles. The van der Waals surface area contributed by atoms with Gasteiger partial charge < -0.3 is 9.47 Å². The SMILES string of the molecule is CCOc1nc([C@@H](CS(C)(=O)=O)n2c(=O)n(C)c3cc(-c4cccc(C)c4C)cnc32)ccc1OC. The van der Waals surface area contributed by atoms with E-state index in [9.17, 15) is 13.2 Å². The number of rotatable bonds is 8. The molecule has 0 aliphatic carbocycles. The van der Waals surface area contributed by atoms with Gasteiger partial charge in [-0.1, -0.05) is 18.2 Å². The monoisotopic (exact) mass is 510 g/mol. The summed E-state index contributed by atoms with van der Waals surface area (Å²) in [5.74, 6) is 0.312. The molecule has 190 valence electrons. The van der Waals surface area contributed by atoms with Crippen LogP contribution in [0.1, 0.15) is 29.8 Å². The number of hydrogen-bond donors (Lipinski definition) is 0. The molecule has 9 nitrogen and oxygen atoms in total. The summed E-state index contributed by atoms with van der Waals surface area (Å²) in [6.45, 7) is 6.26. The van der Waals surface area contributed by atoms with Gasteiger partial charge in [0.05, 0.1) is 36.7 Å². The van der Waals surface area contributed by atoms with Crippen molar-refractivity contribution in [2.45, 2.75) is 26.8 Å². The van der Waals surface area contributed by atoms with Gasteiger partial charge in [0.2, 0.25) is 0 Å². The summed E-state index contributed by atoms with van der Waals surface area (Å²) in [7, 11) is -0.354. The summed E-state index contributed by atoms with van der Waals surface area (Å²) in [5, 5.41) is 0. The van der Waals surface area contributed by atoms with Gasteiger partial charge >= 0.3 is 5.69 Å². The van der Waals surface area contributed by atoms with E-state index in [1.54, 1.807) is 25.4 Å². The summed E-state index contributed by atoms with van der Waals surface area (Å²) in [4.78, 5) is 22.7. The topological polar surface area (TPSA) is 105 Å². The molecule has 3 aromatic heterocycles. The predicted molar refractivity (Wildman–Crippen MR) is 140 cm³/mol. The minimum atomic E-state index is -3.51. The van der Waals surface area contributed by atoms with Crippen LogP contribution in [-0.2, 0) is 16.9 Å². The molecule has 36 heavy (non-hydrogen) atoms. The van der Waals surface area contributed by atoms with Gasteiger partial charge in [0.1, 0.15) is 9.84 Å². The van der Waals surface area contributed by atoms with Gasteiger partial charge in [-0.05, 0) is 55.7 Å². The van der Waals surface area contributed by atoms with Crippen LogP contribution < -0.4 is 15.2 Å². The van der Waals surface area contributed by atoms with Crippen LogP contribution >= 0.6 is 0 Å². The summed E-state index contributed by atoms with van der Waals surface area (Å²) < 4.78 is 38.7. The van der Waals surface area contributed by atoms with Gasteiger partial charge in [0.15, 0.2) is 11.4 Å². The molecule has 1 aromatic carbocycles. The minimum absolute atomic E-state index is 0.231. The van der Waals surface area contributed by atoms with Crippen LogP contribution in [0.2, 0.25) is 0 Å². The zero-order valence-electron chi connectivity index (χ0n) is 21.3. The van der Waals surface area contributed by atoms with Gasteiger partial charge in [0.25, 0.3) is 5.88 Å². The zero-order valence-corrected chi connectivity index (χ0v) is 22.1. The first kappa shape index (κ1) is 25.4. The van der Waals surface area contributed by atoms with Crippen molar-refractivity contribution in [2.75, 3.05) is 25.7 Å². The average Bonchev–Trinajstić information content (AvgIpc) is 3.08. The molecule has 0 amide bonds. The van der Waals surface area contributed by atoms with Crippen LogP contribution in [0.25, 0.3) is 22.3 Å². The van der Waals surface area contributed by atoms with E-state index < -0.39 is 15.9 Å². The standard InChI is InChI=1S/C26H30N4O5S/c1-7-35-25-23(34-5)12-11-20(28-25)22(15-36(6,32)33)30-24-21(29(4)26(30)31)13-18(14-27-24)19-10-8-9-16(2)17(19)3/h8-14,22H,7,15H2,1-6H3/t22-/m1/s1. The Balaban J connectivity index is 1.94. The number of fused-ring (bicyclic) bond motifs is 1. The van der Waals surface area contributed by atoms with E-state index in [2.05, 4.69) is 9.97 Å². The Morgan fingerprint density at radius 2 is 1.89 bits per heavy atom. The molecule has 4 rings (SSSR count). The van der Waals surface area contributed by atoms with Gasteiger partial charge in [0, 0.05) is 25.1 Å². The third-order valence-electron chi connectivity index (χ3n) is 6.31. The van der Waals surface area contributed by atoms with Crippen molar-refractivity contribution >= 4 is 21.0 Å². The first-order valence-electron chi connectivity index (χ1n) is 11.5. The quantitative estimate of drug-likeness (QED) is 0.357. The Morgan fingerprint density at radius 1 is 1.14 bits per heavy atom. The second kappa shape index (κ2) is 9.77. The van der Waals surface area contributed by atoms with Crippen LogP contribution in [0.15, 0.2) is 47.4 Å². The van der Waals surface area contributed by atoms with Crippen molar-refractivity contribution in [1.29, 1.82) is 0 Å². The van der Waals surface area contributed by atoms with E-state index in [0.717, 1.165) is 28.5 Å². The Kier molecular flexibility index (Phi) is 6.90. The van der Waals surface area contributed by atoms with Crippen LogP contribution in [0, 0.1) is 13.8 Å². The van der Waals surface area contributed by atoms with E-state index >= 15 is 0 Å². The smallest absolute Gasteiger partial charge is 0.330 e. The molecule has 0 N–H and O–H groups in total. The summed E-state index contributed by atoms with van der Waals surface area (Å²) in [6.07, 6.45) is 2.85. The van der Waals surface area contributed by atoms with Gasteiger partial charge in [-0.15, -0.1) is 0 Å². The fourth-order valence-corrected chi connectivity index (χ4v) is 5.22. The van der Waals surface area contributed by atoms with Crippen LogP contribution in [0.3, 0.4) is 0 Å². The Morgan fingerprint density at radius 3 is 2.56 bits per heavy atom. The number of ether oxygens (including phenoxy) is 2. The van der Waals surface area contributed by atoms with E-state index in [1.807, 2.05) is 45.0 Å². The lowest BCUT2D eigenvalue weighted by Gasteiger charge is -2.19. The number of hydrogen-bond acceptors (Lipinski definition) is 7. The number of aryl methyl sites for hydroxylation is 2. The Hall–Kier alpha value is -3.66. The van der Waals surface area contributed by atoms with Crippen molar-refractivity contribution < 1.29 is 17.9 Å². The fraction of sp³-hybridized carbons (Fsp3) is 0.346. The molecule has 4 aromatic rings. The first-order valence-corrected chi connectivity index (χ1v) is 13.6. The Labute approximate surface area is 210 Å². The normalized spacial score (nSPS) is 12.6. The van der Waals surface area contributed by atoms with Crippen LogP contribution in [0.5, 0.6) is 11.6 Å². The van der Waals surface area contributed by atoms with Crippen molar-refractivity contribution in [1.82, 2.24) is 19.1 Å². The number of aromatic nitrogens is 4. The summed E-state index contributed by atoms with van der Waals surface area (Å²) in [6, 6.07) is 10.3. The molecule has 0 saturated heterocycles. The maximum absolute atomic E-state index is 13.5. The van der Waals surface area contributed by atoms with Crippen LogP contribution in [-0.4, -0.2) is 53.2 Å². The number of sulfone groups is 1. The van der Waals surface area contributed by atoms with E-state index in [0.29, 0.717) is 29.2 Å². The summed E-state index contributed by atoms with van der Waals surface area (Å²) >= 11 is 0. The number of nitrogens with zero attached hydrogens (tertiary/aromatic N) is 4. The maximum Gasteiger partial charge on any atom is 0.330 e. The largest absolute Gasteiger partial charge is 0.491 e. The molecular formula is C26H30N4O5S. The molecule has 0 aliphatic heterocycles. The molecule has 0 spiro atoms. The van der Waals surface area contributed by atoms with Crippen molar-refractivity contribution in [3.05, 3.63) is 69.9 Å². The van der Waals surface area contributed by atoms with Gasteiger partial charge in [-0.3, -0.25) is 9.13 Å². The third kappa shape index (κ3) is 4.73. The number of pyridine rings is 2. The highest BCUT2D eigenvalue weighted by molar-refractivity contribution is 7.90. The molecule has 10 heteroatoms. The molecule has 0 unspecified atom stereocenters. The highest BCUT2D eigenvalue weighted by Gasteiger charge is 2.28. The lowest BCUT2D eigenvalue weighted by molar-refractivity contribution is 0.296. The van der Waals surface area contributed by atoms with E-state index in [1.165, 1.54) is 16.2 Å². The molecule has 0 bridgehead atoms. The number of methoxy groups -OCH3 is 1. The van der Waals surface area contributed by atoms with E-state index in [4.69, 9.17) is 9.47 Å². The zero-order chi connectivity index (χ0) is 26.2. The molecular weight excluding hydrogens is 480 g/mol. The third-order valence-corrected chi connectivity index (χ3v) is 7.23. The molecule has 0 fully saturated rings. The van der Waals surface area contributed by atoms with Gasteiger partial charge in [-0.25, -0.2) is 23.2 Å². The number of imidazole rings is 1. The second-order valence-electron chi connectivity index (χ2n) is 8.81. The van der Waals surface area contributed by atoms with E-state index in [-0.39, 0.29) is 17.3 Å². The molecule has 0 aliphatic rings. The molecule has 3 heterocycles. The predicted octanol–water partition coefficient (Wildman–Crippen LogP) is 3.46. The highest BCUT2D eigenvalue weighted by atomic mass is 32.2. The maximum atomic E-state index is 13.5. The van der Waals surface area contributed by atoms with Crippen molar-refractivity contribution in [3.8, 4) is 22.8 Å². The molecule has 0 radical (unpaired) electrons. The second-order valence-corrected chi connectivity index (χ2v) is 11.0. The average molecular weight is 511 g/mol. The lowest BCUT2D eigenvalue weighted by atomic mass is 9.98. The van der Waals surface area contributed by atoms with Crippen molar-refractivity contribution in [2.24, 2.45) is 7.05 Å². The highest BCUT2D eigenvalue weighted by Crippen LogP contribution is 2.31. The summed E-state index contributed by atoms with van der Waals surface area (Å²) in [5.41, 5.74) is 5.12. The van der Waals surface area contributed by atoms with Crippen LogP contribution in [0.4, 0.5) is 0 Å². The Bertz CT molecular complexity index is 1600. The van der Waals surface area contributed by atoms with Crippen molar-refractivity contribution in [3.63, 3.8) is 0 Å². The minimum Gasteiger partial charge on any atom is -0.491 e. The fourth-order valence-electron chi connectivity index (χ4n) is 4.33. The van der Waals surface area contributed by atoms with Gasteiger partial charge in [-0.2, -0.15) is 0 Å². The lowest BCUT2D eigenvalue weighted by Crippen LogP contribution is -2.31. The first-order chi connectivity index (χ1) is 17.1. The number of benzene rings is 1. The molecule has 1 atom stereocenters.